The first-order valence-electron chi connectivity index (χ1n) is 9.80. The summed E-state index contributed by atoms with van der Waals surface area (Å²) in [7, 11) is 0. The summed E-state index contributed by atoms with van der Waals surface area (Å²) in [5, 5.41) is 0. The van der Waals surface area contributed by atoms with Gasteiger partial charge in [0.1, 0.15) is 0 Å². The van der Waals surface area contributed by atoms with Crippen LogP contribution < -0.4 is 0 Å². The molecule has 0 amide bonds. The Morgan fingerprint density at radius 3 is 2.05 bits per heavy atom. The fraction of sp³-hybridized carbons (Fsp3) is 0.905. The molecule has 0 fully saturated rings. The van der Waals surface area contributed by atoms with Gasteiger partial charge in [-0.3, -0.25) is 0 Å². The number of hydrogen-bond donors (Lipinski definition) is 0. The molecule has 0 nitrogen and oxygen atoms in total. The van der Waals surface area contributed by atoms with Crippen LogP contribution in [0.25, 0.3) is 0 Å². The maximum atomic E-state index is 4.36. The van der Waals surface area contributed by atoms with Crippen LogP contribution in [0.4, 0.5) is 0 Å². The van der Waals surface area contributed by atoms with Gasteiger partial charge in [0.25, 0.3) is 0 Å². The molecule has 0 bridgehead atoms. The zero-order valence-electron chi connectivity index (χ0n) is 15.6. The van der Waals surface area contributed by atoms with E-state index in [1.165, 1.54) is 89.0 Å². The van der Waals surface area contributed by atoms with Gasteiger partial charge < -0.3 is 0 Å². The predicted molar refractivity (Wildman–Crippen MR) is 98.8 cm³/mol. The summed E-state index contributed by atoms with van der Waals surface area (Å²) in [4.78, 5) is 0. The number of hydrogen-bond acceptors (Lipinski definition) is 0. The van der Waals surface area contributed by atoms with Gasteiger partial charge in [0.2, 0.25) is 0 Å². The van der Waals surface area contributed by atoms with Crippen molar-refractivity contribution < 1.29 is 0 Å². The van der Waals surface area contributed by atoms with E-state index >= 15 is 0 Å². The molecule has 0 heterocycles. The summed E-state index contributed by atoms with van der Waals surface area (Å²) in [6.07, 6.45) is 17.8. The third-order valence-electron chi connectivity index (χ3n) is 4.84. The molecule has 0 N–H and O–H groups in total. The van der Waals surface area contributed by atoms with E-state index in [1.807, 2.05) is 0 Å². The molecule has 2 atom stereocenters. The molecule has 0 aliphatic rings. The molecule has 0 radical (unpaired) electrons. The molecule has 0 saturated carbocycles. The fourth-order valence-electron chi connectivity index (χ4n) is 3.29. The van der Waals surface area contributed by atoms with Crippen molar-refractivity contribution in [3.05, 3.63) is 12.2 Å². The molecular formula is C21H42. The number of unbranched alkanes of at least 4 members (excludes halogenated alkanes) is 6. The molecule has 0 spiro atoms. The van der Waals surface area contributed by atoms with E-state index in [9.17, 15) is 0 Å². The first kappa shape index (κ1) is 20.7. The summed E-state index contributed by atoms with van der Waals surface area (Å²) in [5.41, 5.74) is 1.52. The summed E-state index contributed by atoms with van der Waals surface area (Å²) < 4.78 is 0. The second-order valence-corrected chi connectivity index (χ2v) is 7.23. The van der Waals surface area contributed by atoms with Crippen LogP contribution in [0.2, 0.25) is 0 Å². The zero-order valence-corrected chi connectivity index (χ0v) is 15.6. The lowest BCUT2D eigenvalue weighted by Gasteiger charge is -2.21. The standard InChI is InChI=1S/C21H42/c1-6-9-10-11-12-13-14-16-20(5)18-21(15-7-2)17-19(4)8-3/h19,21H,5-18H2,1-4H3. The summed E-state index contributed by atoms with van der Waals surface area (Å²) >= 11 is 0. The first-order valence-corrected chi connectivity index (χ1v) is 9.80. The van der Waals surface area contributed by atoms with Crippen LogP contribution >= 0.6 is 0 Å². The average Bonchev–Trinajstić information content (AvgIpc) is 2.46. The van der Waals surface area contributed by atoms with E-state index in [0.717, 1.165) is 11.8 Å². The highest BCUT2D eigenvalue weighted by Crippen LogP contribution is 2.27. The van der Waals surface area contributed by atoms with E-state index in [2.05, 4.69) is 34.3 Å². The number of allylic oxidation sites excluding steroid dienone is 1. The van der Waals surface area contributed by atoms with E-state index < -0.39 is 0 Å². The van der Waals surface area contributed by atoms with Gasteiger partial charge in [-0.25, -0.2) is 0 Å². The highest BCUT2D eigenvalue weighted by atomic mass is 14.2. The van der Waals surface area contributed by atoms with Gasteiger partial charge in [-0.2, -0.15) is 0 Å². The minimum absolute atomic E-state index is 0.882. The van der Waals surface area contributed by atoms with Crippen LogP contribution in [0.5, 0.6) is 0 Å². The van der Waals surface area contributed by atoms with Crippen LogP contribution in [0.3, 0.4) is 0 Å². The van der Waals surface area contributed by atoms with Crippen LogP contribution in [-0.4, -0.2) is 0 Å². The molecule has 0 saturated heterocycles. The monoisotopic (exact) mass is 294 g/mol. The maximum Gasteiger partial charge on any atom is -0.0294 e. The normalized spacial score (nSPS) is 14.1. The van der Waals surface area contributed by atoms with Crippen molar-refractivity contribution in [2.24, 2.45) is 11.8 Å². The Kier molecular flexibility index (Phi) is 14.5. The van der Waals surface area contributed by atoms with Crippen molar-refractivity contribution in [1.29, 1.82) is 0 Å². The minimum Gasteiger partial charge on any atom is -0.0999 e. The first-order chi connectivity index (χ1) is 10.1. The predicted octanol–water partition coefficient (Wildman–Crippen LogP) is 7.93. The van der Waals surface area contributed by atoms with Crippen molar-refractivity contribution in [1.82, 2.24) is 0 Å². The highest BCUT2D eigenvalue weighted by Gasteiger charge is 2.12. The Bertz CT molecular complexity index is 228. The molecule has 126 valence electrons. The van der Waals surface area contributed by atoms with E-state index in [0.29, 0.717) is 0 Å². The lowest BCUT2D eigenvalue weighted by molar-refractivity contribution is 0.355. The molecule has 0 heteroatoms. The van der Waals surface area contributed by atoms with Crippen molar-refractivity contribution in [3.63, 3.8) is 0 Å². The summed E-state index contributed by atoms with van der Waals surface area (Å²) in [5.74, 6) is 1.77. The molecule has 0 aliphatic carbocycles. The van der Waals surface area contributed by atoms with Gasteiger partial charge in [0.15, 0.2) is 0 Å². The molecule has 0 aromatic rings. The van der Waals surface area contributed by atoms with Gasteiger partial charge in [-0.1, -0.05) is 97.6 Å². The Hall–Kier alpha value is -0.260. The Balaban J connectivity index is 3.72. The maximum absolute atomic E-state index is 4.36. The van der Waals surface area contributed by atoms with E-state index in [4.69, 9.17) is 0 Å². The Labute approximate surface area is 135 Å². The van der Waals surface area contributed by atoms with Gasteiger partial charge in [-0.05, 0) is 37.5 Å². The van der Waals surface area contributed by atoms with Crippen LogP contribution in [-0.2, 0) is 0 Å². The molecular weight excluding hydrogens is 252 g/mol. The van der Waals surface area contributed by atoms with Gasteiger partial charge >= 0.3 is 0 Å². The molecule has 0 rings (SSSR count). The third kappa shape index (κ3) is 13.1. The van der Waals surface area contributed by atoms with Crippen molar-refractivity contribution in [3.8, 4) is 0 Å². The molecule has 0 aromatic carbocycles. The smallest absolute Gasteiger partial charge is 0.0294 e. The Morgan fingerprint density at radius 1 is 0.857 bits per heavy atom. The minimum atomic E-state index is 0.882. The second-order valence-electron chi connectivity index (χ2n) is 7.23. The van der Waals surface area contributed by atoms with Gasteiger partial charge in [-0.15, -0.1) is 0 Å². The lowest BCUT2D eigenvalue weighted by Crippen LogP contribution is -2.07. The SMILES string of the molecule is C=C(CCCCCCCCC)CC(CCC)CC(C)CC. The Morgan fingerprint density at radius 2 is 1.48 bits per heavy atom. The van der Waals surface area contributed by atoms with Crippen molar-refractivity contribution >= 4 is 0 Å². The molecule has 21 heavy (non-hydrogen) atoms. The topological polar surface area (TPSA) is 0 Å². The van der Waals surface area contributed by atoms with E-state index in [-0.39, 0.29) is 0 Å². The van der Waals surface area contributed by atoms with Crippen LogP contribution in [0.15, 0.2) is 12.2 Å². The van der Waals surface area contributed by atoms with Crippen molar-refractivity contribution in [2.45, 2.75) is 111 Å². The number of rotatable bonds is 15. The highest BCUT2D eigenvalue weighted by molar-refractivity contribution is 4.95. The lowest BCUT2D eigenvalue weighted by atomic mass is 9.85. The van der Waals surface area contributed by atoms with Gasteiger partial charge in [0, 0.05) is 0 Å². The molecule has 0 aliphatic heterocycles. The van der Waals surface area contributed by atoms with Crippen molar-refractivity contribution in [2.75, 3.05) is 0 Å². The summed E-state index contributed by atoms with van der Waals surface area (Å²) in [6, 6.07) is 0. The quantitative estimate of drug-likeness (QED) is 0.212. The van der Waals surface area contributed by atoms with Gasteiger partial charge in [0.05, 0.1) is 0 Å². The largest absolute Gasteiger partial charge is 0.0999 e. The third-order valence-corrected chi connectivity index (χ3v) is 4.84. The molecule has 2 unspecified atom stereocenters. The van der Waals surface area contributed by atoms with Crippen LogP contribution in [0.1, 0.15) is 111 Å². The molecule has 0 aromatic heterocycles. The second kappa shape index (κ2) is 14.7. The van der Waals surface area contributed by atoms with E-state index in [1.54, 1.807) is 0 Å². The summed E-state index contributed by atoms with van der Waals surface area (Å²) in [6.45, 7) is 13.7. The zero-order chi connectivity index (χ0) is 15.9. The average molecular weight is 295 g/mol. The van der Waals surface area contributed by atoms with Crippen LogP contribution in [0, 0.1) is 11.8 Å². The fourth-order valence-corrected chi connectivity index (χ4v) is 3.29.